The van der Waals surface area contributed by atoms with Gasteiger partial charge in [-0.2, -0.15) is 0 Å². The molecule has 1 aliphatic rings. The van der Waals surface area contributed by atoms with E-state index in [1.165, 1.54) is 10.5 Å². The molecule has 3 heteroatoms. The summed E-state index contributed by atoms with van der Waals surface area (Å²) in [6.45, 7) is 4.47. The van der Waals surface area contributed by atoms with Crippen LogP contribution in [-0.2, 0) is 0 Å². The zero-order valence-corrected chi connectivity index (χ0v) is 10.6. The third-order valence-corrected chi connectivity index (χ3v) is 4.49. The van der Waals surface area contributed by atoms with E-state index in [0.29, 0.717) is 18.0 Å². The molecular weight excluding hydrogens is 218 g/mol. The van der Waals surface area contributed by atoms with Gasteiger partial charge in [0.1, 0.15) is 0 Å². The van der Waals surface area contributed by atoms with Gasteiger partial charge in [-0.3, -0.25) is 0 Å². The zero-order valence-electron chi connectivity index (χ0n) is 9.81. The Kier molecular flexibility index (Phi) is 3.90. The highest BCUT2D eigenvalue weighted by Crippen LogP contribution is 2.38. The second-order valence-corrected chi connectivity index (χ2v) is 5.58. The Morgan fingerprint density at radius 1 is 1.44 bits per heavy atom. The van der Waals surface area contributed by atoms with Crippen molar-refractivity contribution in [3.63, 3.8) is 0 Å². The highest BCUT2D eigenvalue weighted by atomic mass is 32.2. The van der Waals surface area contributed by atoms with Crippen LogP contribution in [0.4, 0.5) is 0 Å². The summed E-state index contributed by atoms with van der Waals surface area (Å²) < 4.78 is 0. The monoisotopic (exact) mass is 237 g/mol. The van der Waals surface area contributed by atoms with Crippen molar-refractivity contribution >= 4 is 11.8 Å². The van der Waals surface area contributed by atoms with Crippen molar-refractivity contribution < 1.29 is 5.11 Å². The van der Waals surface area contributed by atoms with Crippen molar-refractivity contribution in [2.75, 3.05) is 12.4 Å². The maximum absolute atomic E-state index is 9.13. The van der Waals surface area contributed by atoms with Crippen LogP contribution in [0.15, 0.2) is 29.2 Å². The quantitative estimate of drug-likeness (QED) is 0.843. The predicted molar refractivity (Wildman–Crippen MR) is 68.8 cm³/mol. The molecule has 0 spiro atoms. The average molecular weight is 237 g/mol. The molecule has 88 valence electrons. The SMILES string of the molecule is CC(CO)C(C)NC1CSc2ccccc21. The third-order valence-electron chi connectivity index (χ3n) is 3.31. The summed E-state index contributed by atoms with van der Waals surface area (Å²) in [4.78, 5) is 1.39. The third kappa shape index (κ3) is 2.42. The normalized spacial score (nSPS) is 22.8. The molecule has 0 radical (unpaired) electrons. The van der Waals surface area contributed by atoms with Gasteiger partial charge in [0.05, 0.1) is 0 Å². The van der Waals surface area contributed by atoms with Gasteiger partial charge in [-0.1, -0.05) is 25.1 Å². The van der Waals surface area contributed by atoms with E-state index in [2.05, 4.69) is 43.4 Å². The van der Waals surface area contributed by atoms with Gasteiger partial charge in [-0.25, -0.2) is 0 Å². The van der Waals surface area contributed by atoms with Gasteiger partial charge in [-0.15, -0.1) is 11.8 Å². The highest BCUT2D eigenvalue weighted by Gasteiger charge is 2.24. The topological polar surface area (TPSA) is 32.3 Å². The van der Waals surface area contributed by atoms with E-state index in [4.69, 9.17) is 5.11 Å². The fourth-order valence-electron chi connectivity index (χ4n) is 1.94. The molecule has 3 atom stereocenters. The Balaban J connectivity index is 2.03. The second-order valence-electron chi connectivity index (χ2n) is 4.52. The van der Waals surface area contributed by atoms with Crippen LogP contribution in [0.5, 0.6) is 0 Å². The van der Waals surface area contributed by atoms with Gasteiger partial charge < -0.3 is 10.4 Å². The summed E-state index contributed by atoms with van der Waals surface area (Å²) in [7, 11) is 0. The molecule has 0 saturated carbocycles. The zero-order chi connectivity index (χ0) is 11.5. The molecule has 0 amide bonds. The Morgan fingerprint density at radius 3 is 2.94 bits per heavy atom. The van der Waals surface area contributed by atoms with Crippen LogP contribution >= 0.6 is 11.8 Å². The van der Waals surface area contributed by atoms with E-state index in [9.17, 15) is 0 Å². The van der Waals surface area contributed by atoms with Gasteiger partial charge in [-0.05, 0) is 24.5 Å². The number of rotatable bonds is 4. The maximum atomic E-state index is 9.13. The summed E-state index contributed by atoms with van der Waals surface area (Å²) in [6, 6.07) is 9.35. The van der Waals surface area contributed by atoms with Crippen LogP contribution in [-0.4, -0.2) is 23.5 Å². The van der Waals surface area contributed by atoms with E-state index in [0.717, 1.165) is 5.75 Å². The van der Waals surface area contributed by atoms with Crippen LogP contribution in [0.1, 0.15) is 25.5 Å². The summed E-state index contributed by atoms with van der Waals surface area (Å²) in [5.41, 5.74) is 1.41. The lowest BCUT2D eigenvalue weighted by molar-refractivity contribution is 0.202. The summed E-state index contributed by atoms with van der Waals surface area (Å²) in [6.07, 6.45) is 0. The number of aliphatic hydroxyl groups is 1. The number of fused-ring (bicyclic) bond motifs is 1. The maximum Gasteiger partial charge on any atom is 0.0471 e. The minimum atomic E-state index is 0.246. The van der Waals surface area contributed by atoms with Gasteiger partial charge in [0.15, 0.2) is 0 Å². The fourth-order valence-corrected chi connectivity index (χ4v) is 3.11. The Bertz CT molecular complexity index is 356. The minimum Gasteiger partial charge on any atom is -0.396 e. The molecule has 3 unspecified atom stereocenters. The predicted octanol–water partition coefficient (Wildman–Crippen LogP) is 2.44. The molecule has 1 aromatic carbocycles. The van der Waals surface area contributed by atoms with Gasteiger partial charge in [0, 0.05) is 29.3 Å². The van der Waals surface area contributed by atoms with Crippen molar-refractivity contribution in [3.8, 4) is 0 Å². The molecule has 0 bridgehead atoms. The smallest absolute Gasteiger partial charge is 0.0471 e. The molecule has 0 saturated heterocycles. The molecule has 0 aliphatic carbocycles. The van der Waals surface area contributed by atoms with E-state index >= 15 is 0 Å². The number of hydrogen-bond acceptors (Lipinski definition) is 3. The summed E-state index contributed by atoms with van der Waals surface area (Å²) >= 11 is 1.91. The average Bonchev–Trinajstić information content (AvgIpc) is 2.72. The van der Waals surface area contributed by atoms with Gasteiger partial charge in [0.2, 0.25) is 0 Å². The minimum absolute atomic E-state index is 0.246. The van der Waals surface area contributed by atoms with Gasteiger partial charge >= 0.3 is 0 Å². The molecule has 1 heterocycles. The molecule has 0 fully saturated rings. The summed E-state index contributed by atoms with van der Waals surface area (Å²) in [5, 5.41) is 12.7. The molecule has 16 heavy (non-hydrogen) atoms. The lowest BCUT2D eigenvalue weighted by Crippen LogP contribution is -2.36. The highest BCUT2D eigenvalue weighted by molar-refractivity contribution is 7.99. The van der Waals surface area contributed by atoms with E-state index in [1.807, 2.05) is 11.8 Å². The first kappa shape index (κ1) is 12.0. The van der Waals surface area contributed by atoms with E-state index in [1.54, 1.807) is 0 Å². The number of benzene rings is 1. The van der Waals surface area contributed by atoms with E-state index in [-0.39, 0.29) is 6.61 Å². The van der Waals surface area contributed by atoms with Crippen molar-refractivity contribution in [2.24, 2.45) is 5.92 Å². The number of nitrogens with one attached hydrogen (secondary N) is 1. The molecule has 2 N–H and O–H groups in total. The largest absolute Gasteiger partial charge is 0.396 e. The lowest BCUT2D eigenvalue weighted by atomic mass is 10.0. The lowest BCUT2D eigenvalue weighted by Gasteiger charge is -2.23. The van der Waals surface area contributed by atoms with Gasteiger partial charge in [0.25, 0.3) is 0 Å². The van der Waals surface area contributed by atoms with Crippen molar-refractivity contribution in [1.82, 2.24) is 5.32 Å². The van der Waals surface area contributed by atoms with Crippen molar-refractivity contribution in [2.45, 2.75) is 30.8 Å². The Hall–Kier alpha value is -0.510. The standard InChI is InChI=1S/C13H19NOS/c1-9(7-15)10(2)14-12-8-16-13-6-4-3-5-11(12)13/h3-6,9-10,12,14-15H,7-8H2,1-2H3. The molecule has 1 aliphatic heterocycles. The van der Waals surface area contributed by atoms with Crippen molar-refractivity contribution in [3.05, 3.63) is 29.8 Å². The first-order valence-corrected chi connectivity index (χ1v) is 6.79. The number of aliphatic hydroxyl groups excluding tert-OH is 1. The molecule has 2 nitrogen and oxygen atoms in total. The number of hydrogen-bond donors (Lipinski definition) is 2. The Labute approximate surface area is 101 Å². The Morgan fingerprint density at radius 2 is 2.19 bits per heavy atom. The number of thioether (sulfide) groups is 1. The first-order valence-electron chi connectivity index (χ1n) is 5.81. The molecular formula is C13H19NOS. The van der Waals surface area contributed by atoms with Crippen LogP contribution in [0.2, 0.25) is 0 Å². The first-order chi connectivity index (χ1) is 7.72. The second kappa shape index (κ2) is 5.21. The summed E-state index contributed by atoms with van der Waals surface area (Å²) in [5.74, 6) is 1.40. The van der Waals surface area contributed by atoms with E-state index < -0.39 is 0 Å². The van der Waals surface area contributed by atoms with Crippen LogP contribution in [0.3, 0.4) is 0 Å². The molecule has 2 rings (SSSR count). The van der Waals surface area contributed by atoms with Crippen molar-refractivity contribution in [1.29, 1.82) is 0 Å². The molecule has 0 aromatic heterocycles. The van der Waals surface area contributed by atoms with Crippen LogP contribution in [0.25, 0.3) is 0 Å². The fraction of sp³-hybridized carbons (Fsp3) is 0.538. The molecule has 1 aromatic rings. The van der Waals surface area contributed by atoms with Crippen LogP contribution < -0.4 is 5.32 Å². The van der Waals surface area contributed by atoms with Crippen LogP contribution in [0, 0.1) is 5.92 Å².